The lowest BCUT2D eigenvalue weighted by atomic mass is 9.84. The van der Waals surface area contributed by atoms with Crippen molar-refractivity contribution in [3.8, 4) is 0 Å². The van der Waals surface area contributed by atoms with E-state index in [9.17, 15) is 0 Å². The molecule has 1 atom stereocenters. The van der Waals surface area contributed by atoms with Gasteiger partial charge >= 0.3 is 0 Å². The lowest BCUT2D eigenvalue weighted by Gasteiger charge is -2.34. The summed E-state index contributed by atoms with van der Waals surface area (Å²) >= 11 is 0. The number of hydrogen-bond acceptors (Lipinski definition) is 2. The van der Waals surface area contributed by atoms with Crippen LogP contribution < -0.4 is 5.32 Å². The largest absolute Gasteiger partial charge is 0.313 e. The summed E-state index contributed by atoms with van der Waals surface area (Å²) in [5, 5.41) is 3.75. The molecule has 2 nitrogen and oxygen atoms in total. The Morgan fingerprint density at radius 3 is 2.26 bits per heavy atom. The van der Waals surface area contributed by atoms with Gasteiger partial charge in [0.2, 0.25) is 0 Å². The van der Waals surface area contributed by atoms with Gasteiger partial charge in [0.25, 0.3) is 0 Å². The summed E-state index contributed by atoms with van der Waals surface area (Å²) in [6.07, 6.45) is 6.74. The molecule has 0 saturated heterocycles. The molecule has 1 N–H and O–H groups in total. The van der Waals surface area contributed by atoms with Crippen LogP contribution >= 0.6 is 0 Å². The highest BCUT2D eigenvalue weighted by molar-refractivity contribution is 4.83. The molecule has 1 rings (SSSR count). The van der Waals surface area contributed by atoms with Crippen LogP contribution in [-0.2, 0) is 0 Å². The molecule has 0 amide bonds. The molecule has 0 heterocycles. The van der Waals surface area contributed by atoms with Gasteiger partial charge in [0.15, 0.2) is 0 Å². The van der Waals surface area contributed by atoms with Crippen molar-refractivity contribution in [1.29, 1.82) is 0 Å². The van der Waals surface area contributed by atoms with Gasteiger partial charge in [-0.05, 0) is 63.1 Å². The van der Waals surface area contributed by atoms with Gasteiger partial charge in [-0.1, -0.05) is 34.6 Å². The first-order valence-corrected chi connectivity index (χ1v) is 8.43. The van der Waals surface area contributed by atoms with Gasteiger partial charge in [0.1, 0.15) is 0 Å². The molecule has 1 fully saturated rings. The third kappa shape index (κ3) is 7.31. The van der Waals surface area contributed by atoms with Gasteiger partial charge in [-0.2, -0.15) is 0 Å². The summed E-state index contributed by atoms with van der Waals surface area (Å²) in [5.74, 6) is 1.02. The third-order valence-corrected chi connectivity index (χ3v) is 4.17. The van der Waals surface area contributed by atoms with E-state index >= 15 is 0 Å². The first-order valence-electron chi connectivity index (χ1n) is 8.43. The predicted molar refractivity (Wildman–Crippen MR) is 85.6 cm³/mol. The van der Waals surface area contributed by atoms with Crippen LogP contribution in [0, 0.1) is 11.3 Å². The fourth-order valence-electron chi connectivity index (χ4n) is 2.75. The minimum Gasteiger partial charge on any atom is -0.313 e. The zero-order valence-electron chi connectivity index (χ0n) is 14.0. The normalized spacial score (nSPS) is 18.0. The summed E-state index contributed by atoms with van der Waals surface area (Å²) in [4.78, 5) is 2.70. The molecule has 1 aliphatic rings. The van der Waals surface area contributed by atoms with Crippen molar-refractivity contribution in [2.45, 2.75) is 72.8 Å². The van der Waals surface area contributed by atoms with Gasteiger partial charge in [0.05, 0.1) is 0 Å². The molecule has 0 bridgehead atoms. The standard InChI is InChI=1S/C17H36N2/c1-6-11-18-16(17(3,4)5)10-13-19(12-7-2)14-15-8-9-15/h15-16,18H,6-14H2,1-5H3. The Hall–Kier alpha value is -0.0800. The van der Waals surface area contributed by atoms with E-state index < -0.39 is 0 Å². The molecule has 1 unspecified atom stereocenters. The highest BCUT2D eigenvalue weighted by atomic mass is 15.1. The Balaban J connectivity index is 2.37. The van der Waals surface area contributed by atoms with E-state index in [4.69, 9.17) is 0 Å². The maximum atomic E-state index is 3.75. The van der Waals surface area contributed by atoms with E-state index in [1.807, 2.05) is 0 Å². The first kappa shape index (κ1) is 17.0. The zero-order chi connectivity index (χ0) is 14.3. The molecule has 1 saturated carbocycles. The molecule has 0 aliphatic heterocycles. The van der Waals surface area contributed by atoms with Crippen LogP contribution in [0.4, 0.5) is 0 Å². The lowest BCUT2D eigenvalue weighted by Crippen LogP contribution is -2.43. The summed E-state index contributed by atoms with van der Waals surface area (Å²) in [6.45, 7) is 16.7. The highest BCUT2D eigenvalue weighted by Gasteiger charge is 2.27. The van der Waals surface area contributed by atoms with Crippen LogP contribution in [0.1, 0.15) is 66.7 Å². The van der Waals surface area contributed by atoms with Crippen LogP contribution in [0.5, 0.6) is 0 Å². The first-order chi connectivity index (χ1) is 8.97. The predicted octanol–water partition coefficient (Wildman–Crippen LogP) is 3.91. The Labute approximate surface area is 121 Å². The average molecular weight is 268 g/mol. The quantitative estimate of drug-likeness (QED) is 0.646. The second-order valence-corrected chi connectivity index (χ2v) is 7.41. The summed E-state index contributed by atoms with van der Waals surface area (Å²) in [5.41, 5.74) is 0.368. The van der Waals surface area contributed by atoms with E-state index in [0.29, 0.717) is 11.5 Å². The topological polar surface area (TPSA) is 15.3 Å². The minimum atomic E-state index is 0.368. The molecule has 0 aromatic heterocycles. The van der Waals surface area contributed by atoms with Crippen LogP contribution in [-0.4, -0.2) is 37.1 Å². The zero-order valence-corrected chi connectivity index (χ0v) is 14.0. The average Bonchev–Trinajstić information content (AvgIpc) is 3.11. The van der Waals surface area contributed by atoms with Crippen molar-refractivity contribution in [3.63, 3.8) is 0 Å². The van der Waals surface area contributed by atoms with Crippen molar-refractivity contribution < 1.29 is 0 Å². The fraction of sp³-hybridized carbons (Fsp3) is 1.00. The van der Waals surface area contributed by atoms with Crippen LogP contribution in [0.2, 0.25) is 0 Å². The van der Waals surface area contributed by atoms with Crippen molar-refractivity contribution in [2.24, 2.45) is 11.3 Å². The Bertz CT molecular complexity index is 228. The van der Waals surface area contributed by atoms with Crippen molar-refractivity contribution >= 4 is 0 Å². The summed E-state index contributed by atoms with van der Waals surface area (Å²) in [6, 6.07) is 0.644. The van der Waals surface area contributed by atoms with Crippen LogP contribution in [0.3, 0.4) is 0 Å². The number of nitrogens with one attached hydrogen (secondary N) is 1. The second kappa shape index (κ2) is 8.26. The molecule has 0 spiro atoms. The van der Waals surface area contributed by atoms with Crippen LogP contribution in [0.15, 0.2) is 0 Å². The minimum absolute atomic E-state index is 0.368. The molecule has 19 heavy (non-hydrogen) atoms. The second-order valence-electron chi connectivity index (χ2n) is 7.41. The monoisotopic (exact) mass is 268 g/mol. The summed E-state index contributed by atoms with van der Waals surface area (Å²) < 4.78 is 0. The number of hydrogen-bond donors (Lipinski definition) is 1. The van der Waals surface area contributed by atoms with Gasteiger partial charge < -0.3 is 10.2 Å². The fourth-order valence-corrected chi connectivity index (χ4v) is 2.75. The number of nitrogens with zero attached hydrogens (tertiary/aromatic N) is 1. The molecule has 0 aromatic rings. The van der Waals surface area contributed by atoms with Gasteiger partial charge in [0, 0.05) is 12.6 Å². The molecular formula is C17H36N2. The lowest BCUT2D eigenvalue weighted by molar-refractivity contribution is 0.199. The van der Waals surface area contributed by atoms with Crippen molar-refractivity contribution in [1.82, 2.24) is 10.2 Å². The van der Waals surface area contributed by atoms with E-state index in [2.05, 4.69) is 44.8 Å². The van der Waals surface area contributed by atoms with E-state index in [-0.39, 0.29) is 0 Å². The van der Waals surface area contributed by atoms with Gasteiger partial charge in [-0.25, -0.2) is 0 Å². The molecule has 0 aromatic carbocycles. The molecule has 2 heteroatoms. The van der Waals surface area contributed by atoms with E-state index in [0.717, 1.165) is 12.5 Å². The maximum Gasteiger partial charge on any atom is 0.0128 e. The van der Waals surface area contributed by atoms with E-state index in [1.54, 1.807) is 0 Å². The molecule has 114 valence electrons. The Morgan fingerprint density at radius 2 is 1.79 bits per heavy atom. The van der Waals surface area contributed by atoms with Gasteiger partial charge in [-0.3, -0.25) is 0 Å². The summed E-state index contributed by atoms with van der Waals surface area (Å²) in [7, 11) is 0. The molecular weight excluding hydrogens is 232 g/mol. The highest BCUT2D eigenvalue weighted by Crippen LogP contribution is 2.30. The van der Waals surface area contributed by atoms with Gasteiger partial charge in [-0.15, -0.1) is 0 Å². The molecule has 1 aliphatic carbocycles. The Kier molecular flexibility index (Phi) is 7.38. The smallest absolute Gasteiger partial charge is 0.0128 e. The Morgan fingerprint density at radius 1 is 1.11 bits per heavy atom. The van der Waals surface area contributed by atoms with Crippen molar-refractivity contribution in [2.75, 3.05) is 26.2 Å². The third-order valence-electron chi connectivity index (χ3n) is 4.17. The maximum absolute atomic E-state index is 3.75. The number of rotatable bonds is 10. The SMILES string of the molecule is CCCNC(CCN(CCC)CC1CC1)C(C)(C)C. The van der Waals surface area contributed by atoms with E-state index in [1.165, 1.54) is 51.7 Å². The molecule has 0 radical (unpaired) electrons. The van der Waals surface area contributed by atoms with Crippen LogP contribution in [0.25, 0.3) is 0 Å². The van der Waals surface area contributed by atoms with Crippen molar-refractivity contribution in [3.05, 3.63) is 0 Å².